The molecule has 0 saturated heterocycles. The van der Waals surface area contributed by atoms with E-state index in [2.05, 4.69) is 9.97 Å². The normalized spacial score (nSPS) is 11.7. The Bertz CT molecular complexity index is 681. The van der Waals surface area contributed by atoms with Crippen LogP contribution >= 0.6 is 0 Å². The van der Waals surface area contributed by atoms with Gasteiger partial charge >= 0.3 is 0 Å². The van der Waals surface area contributed by atoms with Gasteiger partial charge in [0.25, 0.3) is 0 Å². The van der Waals surface area contributed by atoms with Crippen molar-refractivity contribution in [3.8, 4) is 11.3 Å². The number of aromatic nitrogens is 2. The summed E-state index contributed by atoms with van der Waals surface area (Å²) in [7, 11) is -0.492. The van der Waals surface area contributed by atoms with E-state index in [1.165, 1.54) is 26.4 Å². The first-order valence-corrected chi connectivity index (χ1v) is 6.96. The van der Waals surface area contributed by atoms with Crippen molar-refractivity contribution >= 4 is 15.8 Å². The van der Waals surface area contributed by atoms with E-state index in [4.69, 9.17) is 5.73 Å². The van der Waals surface area contributed by atoms with E-state index in [0.717, 1.165) is 9.87 Å². The standard InChI is InChI=1S/C12H14N4O2S/c1-16(2)19(17,18)10-3-4-11(15-8-10)9-5-6-14-12(13)7-9/h3-8H,1-2H3,(H2,13,14). The lowest BCUT2D eigenvalue weighted by Gasteiger charge is -2.11. The molecule has 0 amide bonds. The summed E-state index contributed by atoms with van der Waals surface area (Å²) in [6, 6.07) is 6.61. The fourth-order valence-corrected chi connectivity index (χ4v) is 2.37. The molecule has 0 bridgehead atoms. The third-order valence-electron chi connectivity index (χ3n) is 2.59. The molecule has 6 nitrogen and oxygen atoms in total. The van der Waals surface area contributed by atoms with E-state index < -0.39 is 10.0 Å². The molecule has 0 fully saturated rings. The molecule has 7 heteroatoms. The predicted molar refractivity (Wildman–Crippen MR) is 72.8 cm³/mol. The van der Waals surface area contributed by atoms with Gasteiger partial charge in [-0.3, -0.25) is 4.98 Å². The molecule has 0 aliphatic carbocycles. The van der Waals surface area contributed by atoms with Gasteiger partial charge in [-0.1, -0.05) is 0 Å². The Morgan fingerprint density at radius 1 is 1.16 bits per heavy atom. The van der Waals surface area contributed by atoms with Gasteiger partial charge in [-0.2, -0.15) is 0 Å². The van der Waals surface area contributed by atoms with Gasteiger partial charge in [-0.25, -0.2) is 17.7 Å². The maximum Gasteiger partial charge on any atom is 0.244 e. The lowest BCUT2D eigenvalue weighted by molar-refractivity contribution is 0.520. The van der Waals surface area contributed by atoms with E-state index in [-0.39, 0.29) is 4.90 Å². The van der Waals surface area contributed by atoms with Gasteiger partial charge in [-0.15, -0.1) is 0 Å². The van der Waals surface area contributed by atoms with Crippen molar-refractivity contribution in [2.45, 2.75) is 4.90 Å². The summed E-state index contributed by atoms with van der Waals surface area (Å²) in [6.45, 7) is 0. The van der Waals surface area contributed by atoms with Crippen molar-refractivity contribution in [2.24, 2.45) is 0 Å². The third kappa shape index (κ3) is 2.72. The molecular weight excluding hydrogens is 264 g/mol. The predicted octanol–water partition coefficient (Wildman–Crippen LogP) is 0.976. The third-order valence-corrected chi connectivity index (χ3v) is 4.39. The van der Waals surface area contributed by atoms with Crippen molar-refractivity contribution in [2.75, 3.05) is 19.8 Å². The van der Waals surface area contributed by atoms with Gasteiger partial charge in [-0.05, 0) is 24.3 Å². The molecular formula is C12H14N4O2S. The van der Waals surface area contributed by atoms with Gasteiger partial charge < -0.3 is 5.73 Å². The van der Waals surface area contributed by atoms with E-state index in [9.17, 15) is 8.42 Å². The largest absolute Gasteiger partial charge is 0.384 e. The number of pyridine rings is 2. The maximum atomic E-state index is 11.9. The molecule has 2 aromatic heterocycles. The van der Waals surface area contributed by atoms with E-state index in [1.54, 1.807) is 24.4 Å². The molecule has 0 spiro atoms. The summed E-state index contributed by atoms with van der Waals surface area (Å²) < 4.78 is 24.9. The number of anilines is 1. The van der Waals surface area contributed by atoms with Crippen LogP contribution in [0.2, 0.25) is 0 Å². The molecule has 0 unspecified atom stereocenters. The van der Waals surface area contributed by atoms with Crippen molar-refractivity contribution in [3.63, 3.8) is 0 Å². The van der Waals surface area contributed by atoms with Crippen LogP contribution in [0.4, 0.5) is 5.82 Å². The summed E-state index contributed by atoms with van der Waals surface area (Å²) in [6.07, 6.45) is 2.91. The molecule has 0 aromatic carbocycles. The zero-order chi connectivity index (χ0) is 14.0. The fourth-order valence-electron chi connectivity index (χ4n) is 1.52. The summed E-state index contributed by atoms with van der Waals surface area (Å²) in [4.78, 5) is 8.20. The number of sulfonamides is 1. The number of nitrogens with zero attached hydrogens (tertiary/aromatic N) is 3. The zero-order valence-corrected chi connectivity index (χ0v) is 11.4. The number of nitrogen functional groups attached to an aromatic ring is 1. The van der Waals surface area contributed by atoms with Crippen LogP contribution in [0.5, 0.6) is 0 Å². The first kappa shape index (κ1) is 13.4. The van der Waals surface area contributed by atoms with Gasteiger partial charge in [0.2, 0.25) is 10.0 Å². The summed E-state index contributed by atoms with van der Waals surface area (Å²) >= 11 is 0. The summed E-state index contributed by atoms with van der Waals surface area (Å²) in [5.74, 6) is 0.393. The van der Waals surface area contributed by atoms with Crippen LogP contribution in [-0.2, 0) is 10.0 Å². The highest BCUT2D eigenvalue weighted by atomic mass is 32.2. The Labute approximate surface area is 112 Å². The van der Waals surface area contributed by atoms with Crippen LogP contribution < -0.4 is 5.73 Å². The Kier molecular flexibility index (Phi) is 3.50. The molecule has 0 atom stereocenters. The highest BCUT2D eigenvalue weighted by Crippen LogP contribution is 2.20. The van der Waals surface area contributed by atoms with Crippen LogP contribution in [0.1, 0.15) is 0 Å². The lowest BCUT2D eigenvalue weighted by Crippen LogP contribution is -2.22. The first-order valence-electron chi connectivity index (χ1n) is 5.52. The first-order chi connectivity index (χ1) is 8.91. The van der Waals surface area contributed by atoms with Gasteiger partial charge in [0.15, 0.2) is 0 Å². The molecule has 2 N–H and O–H groups in total. The number of hydrogen-bond acceptors (Lipinski definition) is 5. The number of nitrogens with two attached hydrogens (primary N) is 1. The minimum atomic E-state index is -3.45. The van der Waals surface area contributed by atoms with Crippen molar-refractivity contribution in [1.29, 1.82) is 0 Å². The van der Waals surface area contributed by atoms with Crippen LogP contribution in [0.25, 0.3) is 11.3 Å². The Morgan fingerprint density at radius 3 is 2.42 bits per heavy atom. The maximum absolute atomic E-state index is 11.9. The average Bonchev–Trinajstić information content (AvgIpc) is 2.38. The minimum Gasteiger partial charge on any atom is -0.384 e. The fraction of sp³-hybridized carbons (Fsp3) is 0.167. The molecule has 2 heterocycles. The summed E-state index contributed by atoms with van der Waals surface area (Å²) in [5.41, 5.74) is 7.03. The molecule has 0 radical (unpaired) electrons. The van der Waals surface area contributed by atoms with Gasteiger partial charge in [0.05, 0.1) is 5.69 Å². The lowest BCUT2D eigenvalue weighted by atomic mass is 10.2. The second-order valence-corrected chi connectivity index (χ2v) is 6.29. The topological polar surface area (TPSA) is 89.2 Å². The van der Waals surface area contributed by atoms with Crippen molar-refractivity contribution < 1.29 is 8.42 Å². The Balaban J connectivity index is 2.39. The second-order valence-electron chi connectivity index (χ2n) is 4.14. The molecule has 0 saturated carbocycles. The molecule has 2 rings (SSSR count). The monoisotopic (exact) mass is 278 g/mol. The quantitative estimate of drug-likeness (QED) is 0.903. The second kappa shape index (κ2) is 4.94. The zero-order valence-electron chi connectivity index (χ0n) is 10.6. The number of hydrogen-bond donors (Lipinski definition) is 1. The van der Waals surface area contributed by atoms with Crippen LogP contribution in [0.15, 0.2) is 41.6 Å². The van der Waals surface area contributed by atoms with Crippen molar-refractivity contribution in [1.82, 2.24) is 14.3 Å². The molecule has 0 aliphatic rings. The molecule has 100 valence electrons. The van der Waals surface area contributed by atoms with Gasteiger partial charge in [0.1, 0.15) is 10.7 Å². The van der Waals surface area contributed by atoms with E-state index in [1.807, 2.05) is 0 Å². The van der Waals surface area contributed by atoms with Crippen molar-refractivity contribution in [3.05, 3.63) is 36.7 Å². The number of rotatable bonds is 3. The van der Waals surface area contributed by atoms with E-state index >= 15 is 0 Å². The van der Waals surface area contributed by atoms with Gasteiger partial charge in [0, 0.05) is 32.1 Å². The van der Waals surface area contributed by atoms with Crippen LogP contribution in [0, 0.1) is 0 Å². The molecule has 19 heavy (non-hydrogen) atoms. The van der Waals surface area contributed by atoms with E-state index in [0.29, 0.717) is 11.5 Å². The minimum absolute atomic E-state index is 0.156. The highest BCUT2D eigenvalue weighted by Gasteiger charge is 2.17. The molecule has 2 aromatic rings. The smallest absolute Gasteiger partial charge is 0.244 e. The average molecular weight is 278 g/mol. The molecule has 0 aliphatic heterocycles. The Morgan fingerprint density at radius 2 is 1.89 bits per heavy atom. The Hall–Kier alpha value is -1.99. The summed E-state index contributed by atoms with van der Waals surface area (Å²) in [5, 5.41) is 0. The SMILES string of the molecule is CN(C)S(=O)(=O)c1ccc(-c2ccnc(N)c2)nc1. The van der Waals surface area contributed by atoms with Crippen LogP contribution in [0.3, 0.4) is 0 Å². The highest BCUT2D eigenvalue weighted by molar-refractivity contribution is 7.89. The van der Waals surface area contributed by atoms with Crippen LogP contribution in [-0.4, -0.2) is 36.8 Å².